The van der Waals surface area contributed by atoms with Crippen LogP contribution in [0, 0.1) is 13.8 Å². The SMILES string of the molecule is COCN(C(=O)NS(=O)(=O)c1ccccc1C(=O)OC)c1nc(C)cc(C)n1. The Kier molecular flexibility index (Phi) is 6.65. The minimum Gasteiger partial charge on any atom is -0.465 e. The van der Waals surface area contributed by atoms with Crippen LogP contribution in [0.3, 0.4) is 0 Å². The van der Waals surface area contributed by atoms with E-state index in [0.717, 1.165) is 12.0 Å². The van der Waals surface area contributed by atoms with Gasteiger partial charge in [0.2, 0.25) is 5.95 Å². The van der Waals surface area contributed by atoms with E-state index in [1.165, 1.54) is 31.4 Å². The van der Waals surface area contributed by atoms with Gasteiger partial charge >= 0.3 is 12.0 Å². The van der Waals surface area contributed by atoms with Crippen LogP contribution >= 0.6 is 0 Å². The predicted molar refractivity (Wildman–Crippen MR) is 99.4 cm³/mol. The van der Waals surface area contributed by atoms with Crippen LogP contribution in [0.4, 0.5) is 10.7 Å². The molecule has 11 heteroatoms. The van der Waals surface area contributed by atoms with Gasteiger partial charge in [-0.25, -0.2) is 37.6 Å². The number of amides is 2. The summed E-state index contributed by atoms with van der Waals surface area (Å²) in [5.74, 6) is -0.867. The number of rotatable bonds is 6. The van der Waals surface area contributed by atoms with Crippen molar-refractivity contribution < 1.29 is 27.5 Å². The first-order chi connectivity index (χ1) is 13.2. The molecular formula is C17H20N4O6S. The van der Waals surface area contributed by atoms with Gasteiger partial charge in [-0.15, -0.1) is 0 Å². The first-order valence-electron chi connectivity index (χ1n) is 8.02. The number of benzene rings is 1. The summed E-state index contributed by atoms with van der Waals surface area (Å²) in [6, 6.07) is 6.04. The molecule has 1 heterocycles. The number of carbonyl (C=O) groups excluding carboxylic acids is 2. The van der Waals surface area contributed by atoms with Crippen molar-refractivity contribution in [3.63, 3.8) is 0 Å². The van der Waals surface area contributed by atoms with Crippen LogP contribution in [-0.4, -0.2) is 51.3 Å². The number of urea groups is 1. The first kappa shape index (κ1) is 21.3. The molecule has 0 atom stereocenters. The van der Waals surface area contributed by atoms with Gasteiger partial charge in [0.15, 0.2) is 0 Å². The average Bonchev–Trinajstić information content (AvgIpc) is 2.64. The van der Waals surface area contributed by atoms with Crippen LogP contribution in [0.15, 0.2) is 35.2 Å². The molecule has 0 saturated carbocycles. The van der Waals surface area contributed by atoms with Gasteiger partial charge in [0.25, 0.3) is 10.0 Å². The van der Waals surface area contributed by atoms with E-state index in [1.54, 1.807) is 19.9 Å². The van der Waals surface area contributed by atoms with Gasteiger partial charge in [-0.2, -0.15) is 0 Å². The number of aromatic nitrogens is 2. The summed E-state index contributed by atoms with van der Waals surface area (Å²) in [7, 11) is -1.93. The zero-order valence-electron chi connectivity index (χ0n) is 15.8. The number of nitrogens with one attached hydrogen (secondary N) is 1. The Balaban J connectivity index is 2.39. The molecule has 0 spiro atoms. The second kappa shape index (κ2) is 8.76. The Labute approximate surface area is 162 Å². The van der Waals surface area contributed by atoms with Crippen LogP contribution in [0.5, 0.6) is 0 Å². The Hall–Kier alpha value is -3.05. The molecular weight excluding hydrogens is 388 g/mol. The molecule has 0 fully saturated rings. The highest BCUT2D eigenvalue weighted by Crippen LogP contribution is 2.17. The van der Waals surface area contributed by atoms with E-state index >= 15 is 0 Å². The molecule has 150 valence electrons. The van der Waals surface area contributed by atoms with Crippen molar-refractivity contribution in [3.8, 4) is 0 Å². The normalized spacial score (nSPS) is 11.0. The minimum absolute atomic E-state index is 0.0201. The molecule has 0 bridgehead atoms. The van der Waals surface area contributed by atoms with E-state index in [-0.39, 0.29) is 18.2 Å². The quantitative estimate of drug-likeness (QED) is 0.561. The monoisotopic (exact) mass is 408 g/mol. The number of ether oxygens (including phenoxy) is 2. The van der Waals surface area contributed by atoms with E-state index in [1.807, 2.05) is 4.72 Å². The van der Waals surface area contributed by atoms with Gasteiger partial charge in [-0.3, -0.25) is 0 Å². The van der Waals surface area contributed by atoms with Crippen molar-refractivity contribution >= 4 is 28.0 Å². The highest BCUT2D eigenvalue weighted by molar-refractivity contribution is 7.90. The van der Waals surface area contributed by atoms with Gasteiger partial charge < -0.3 is 9.47 Å². The third kappa shape index (κ3) is 4.81. The highest BCUT2D eigenvalue weighted by Gasteiger charge is 2.28. The lowest BCUT2D eigenvalue weighted by Gasteiger charge is -2.21. The molecule has 10 nitrogen and oxygen atoms in total. The van der Waals surface area contributed by atoms with Crippen LogP contribution in [0.25, 0.3) is 0 Å². The summed E-state index contributed by atoms with van der Waals surface area (Å²) in [5.41, 5.74) is 0.983. The number of anilines is 1. The third-order valence-electron chi connectivity index (χ3n) is 3.52. The molecule has 1 aromatic carbocycles. The van der Waals surface area contributed by atoms with Crippen molar-refractivity contribution in [1.29, 1.82) is 0 Å². The Bertz CT molecular complexity index is 973. The topological polar surface area (TPSA) is 128 Å². The zero-order chi connectivity index (χ0) is 20.9. The van der Waals surface area contributed by atoms with Gasteiger partial charge in [0, 0.05) is 18.5 Å². The summed E-state index contributed by atoms with van der Waals surface area (Å²) in [6.45, 7) is 3.14. The lowest BCUT2D eigenvalue weighted by molar-refractivity contribution is 0.0596. The molecule has 0 aliphatic heterocycles. The summed E-state index contributed by atoms with van der Waals surface area (Å²) < 4.78 is 36.9. The maximum atomic E-state index is 12.7. The van der Waals surface area contributed by atoms with Crippen molar-refractivity contribution in [2.45, 2.75) is 18.7 Å². The van der Waals surface area contributed by atoms with Crippen LogP contribution < -0.4 is 9.62 Å². The van der Waals surface area contributed by atoms with Crippen molar-refractivity contribution in [1.82, 2.24) is 14.7 Å². The molecule has 0 radical (unpaired) electrons. The van der Waals surface area contributed by atoms with Gasteiger partial charge in [-0.1, -0.05) is 12.1 Å². The van der Waals surface area contributed by atoms with Crippen LogP contribution in [0.1, 0.15) is 21.7 Å². The number of methoxy groups -OCH3 is 2. The number of nitrogens with zero attached hydrogens (tertiary/aromatic N) is 3. The van der Waals surface area contributed by atoms with Gasteiger partial charge in [-0.05, 0) is 32.0 Å². The summed E-state index contributed by atoms with van der Waals surface area (Å²) in [5, 5.41) is 0. The van der Waals surface area contributed by atoms with E-state index in [2.05, 4.69) is 14.7 Å². The molecule has 2 aromatic rings. The molecule has 2 amide bonds. The maximum absolute atomic E-state index is 12.7. The van der Waals surface area contributed by atoms with E-state index in [4.69, 9.17) is 4.74 Å². The van der Waals surface area contributed by atoms with Gasteiger partial charge in [0.05, 0.1) is 12.7 Å². The molecule has 28 heavy (non-hydrogen) atoms. The summed E-state index contributed by atoms with van der Waals surface area (Å²) in [6.07, 6.45) is 0. The fourth-order valence-corrected chi connectivity index (χ4v) is 3.52. The molecule has 1 aromatic heterocycles. The lowest BCUT2D eigenvalue weighted by Crippen LogP contribution is -2.45. The second-order valence-electron chi connectivity index (χ2n) is 5.69. The average molecular weight is 408 g/mol. The molecule has 1 N–H and O–H groups in total. The zero-order valence-corrected chi connectivity index (χ0v) is 16.6. The number of aryl methyl sites for hydroxylation is 2. The van der Waals surface area contributed by atoms with Crippen molar-refractivity contribution in [2.24, 2.45) is 0 Å². The fourth-order valence-electron chi connectivity index (χ4n) is 2.37. The molecule has 0 saturated heterocycles. The lowest BCUT2D eigenvalue weighted by atomic mass is 10.2. The molecule has 0 aliphatic carbocycles. The second-order valence-corrected chi connectivity index (χ2v) is 7.35. The van der Waals surface area contributed by atoms with E-state index in [9.17, 15) is 18.0 Å². The number of hydrogen-bond donors (Lipinski definition) is 1. The number of sulfonamides is 1. The van der Waals surface area contributed by atoms with E-state index < -0.39 is 26.9 Å². The molecule has 2 rings (SSSR count). The van der Waals surface area contributed by atoms with Crippen LogP contribution in [0.2, 0.25) is 0 Å². The highest BCUT2D eigenvalue weighted by atomic mass is 32.2. The van der Waals surface area contributed by atoms with Crippen molar-refractivity contribution in [3.05, 3.63) is 47.3 Å². The van der Waals surface area contributed by atoms with E-state index in [0.29, 0.717) is 11.4 Å². The number of carbonyl (C=O) groups is 2. The minimum atomic E-state index is -4.39. The largest absolute Gasteiger partial charge is 0.465 e. The number of hydrogen-bond acceptors (Lipinski definition) is 8. The smallest absolute Gasteiger partial charge is 0.340 e. The fraction of sp³-hybridized carbons (Fsp3) is 0.294. The maximum Gasteiger partial charge on any atom is 0.340 e. The van der Waals surface area contributed by atoms with Crippen LogP contribution in [-0.2, 0) is 19.5 Å². The predicted octanol–water partition coefficient (Wildman–Crippen LogP) is 1.39. The van der Waals surface area contributed by atoms with Crippen molar-refractivity contribution in [2.75, 3.05) is 25.9 Å². The Morgan fingerprint density at radius 2 is 1.71 bits per heavy atom. The van der Waals surface area contributed by atoms with Gasteiger partial charge in [0.1, 0.15) is 11.6 Å². The summed E-state index contributed by atoms with van der Waals surface area (Å²) in [4.78, 5) is 33.3. The molecule has 0 unspecified atom stereocenters. The standard InChI is InChI=1S/C17H20N4O6S/c1-11-9-12(2)19-16(18-11)21(10-26-3)17(23)20-28(24,25)14-8-6-5-7-13(14)15(22)27-4/h5-9H,10H2,1-4H3,(H,20,23). The number of esters is 1. The summed E-state index contributed by atoms with van der Waals surface area (Å²) >= 11 is 0. The first-order valence-corrected chi connectivity index (χ1v) is 9.50. The third-order valence-corrected chi connectivity index (χ3v) is 4.90. The molecule has 0 aliphatic rings. The Morgan fingerprint density at radius 3 is 2.29 bits per heavy atom. The Morgan fingerprint density at radius 1 is 1.11 bits per heavy atom.